The fourth-order valence-electron chi connectivity index (χ4n) is 2.22. The molecule has 0 atom stereocenters. The van der Waals surface area contributed by atoms with Crippen LogP contribution in [0.25, 0.3) is 11.4 Å². The number of benzene rings is 2. The highest BCUT2D eigenvalue weighted by molar-refractivity contribution is 14.1. The highest BCUT2D eigenvalue weighted by Crippen LogP contribution is 2.32. The number of carbonyl (C=O) groups is 1. The van der Waals surface area contributed by atoms with E-state index < -0.39 is 0 Å². The molecule has 1 aromatic heterocycles. The Morgan fingerprint density at radius 3 is 2.73 bits per heavy atom. The fraction of sp³-hybridized carbons (Fsp3) is 0.118. The first-order chi connectivity index (χ1) is 12.4. The summed E-state index contributed by atoms with van der Waals surface area (Å²) in [5, 5.41) is 21.8. The smallest absolute Gasteiger partial charge is 0.234 e. The van der Waals surface area contributed by atoms with Gasteiger partial charge in [-0.15, -0.1) is 10.2 Å². The Bertz CT molecular complexity index is 946. The van der Waals surface area contributed by atoms with Crippen LogP contribution in [0.3, 0.4) is 0 Å². The molecule has 0 bridgehead atoms. The molecule has 9 heteroatoms. The van der Waals surface area contributed by atoms with Crippen LogP contribution in [0.1, 0.15) is 0 Å². The van der Waals surface area contributed by atoms with E-state index in [1.807, 2.05) is 24.3 Å². The van der Waals surface area contributed by atoms with Gasteiger partial charge in [0.05, 0.1) is 11.3 Å². The second kappa shape index (κ2) is 8.40. The Kier molecular flexibility index (Phi) is 6.20. The molecule has 0 spiro atoms. The number of carbonyl (C=O) groups excluding carboxylic acids is 1. The van der Waals surface area contributed by atoms with Crippen molar-refractivity contribution >= 4 is 61.9 Å². The lowest BCUT2D eigenvalue weighted by Gasteiger charge is -2.07. The predicted octanol–water partition coefficient (Wildman–Crippen LogP) is 4.29. The molecule has 2 N–H and O–H groups in total. The lowest BCUT2D eigenvalue weighted by atomic mass is 10.2. The molecule has 3 aromatic rings. The maximum atomic E-state index is 12.1. The van der Waals surface area contributed by atoms with Gasteiger partial charge >= 0.3 is 0 Å². The highest BCUT2D eigenvalue weighted by atomic mass is 127. The number of phenolic OH excluding ortho intramolecular Hbond substituents is 1. The molecule has 0 saturated heterocycles. The monoisotopic (exact) mass is 544 g/mol. The number of phenols is 1. The van der Waals surface area contributed by atoms with Crippen LogP contribution in [0.5, 0.6) is 5.75 Å². The number of aromatic hydroxyl groups is 1. The minimum Gasteiger partial charge on any atom is -0.507 e. The summed E-state index contributed by atoms with van der Waals surface area (Å²) in [5.41, 5.74) is 1.33. The maximum absolute atomic E-state index is 12.1. The van der Waals surface area contributed by atoms with Gasteiger partial charge in [0.15, 0.2) is 11.0 Å². The maximum Gasteiger partial charge on any atom is 0.234 e. The zero-order valence-electron chi connectivity index (χ0n) is 13.6. The molecule has 0 saturated carbocycles. The van der Waals surface area contributed by atoms with Gasteiger partial charge in [-0.2, -0.15) is 0 Å². The molecule has 3 rings (SSSR count). The number of nitrogens with zero attached hydrogens (tertiary/aromatic N) is 3. The average molecular weight is 545 g/mol. The summed E-state index contributed by atoms with van der Waals surface area (Å²) in [6.07, 6.45) is 0. The minimum atomic E-state index is -0.119. The van der Waals surface area contributed by atoms with Crippen LogP contribution in [-0.2, 0) is 11.8 Å². The molecule has 0 fully saturated rings. The van der Waals surface area contributed by atoms with Crippen molar-refractivity contribution in [2.45, 2.75) is 5.16 Å². The number of amides is 1. The molecule has 0 aliphatic carbocycles. The minimum absolute atomic E-state index is 0.119. The van der Waals surface area contributed by atoms with Crippen molar-refractivity contribution < 1.29 is 9.90 Å². The van der Waals surface area contributed by atoms with Crippen molar-refractivity contribution in [3.63, 3.8) is 0 Å². The van der Waals surface area contributed by atoms with Gasteiger partial charge in [-0.25, -0.2) is 0 Å². The van der Waals surface area contributed by atoms with Crippen LogP contribution in [0.15, 0.2) is 52.1 Å². The molecule has 1 heterocycles. The standard InChI is InChI=1S/C17H14BrIN4O2S/c1-23-16(13-8-10(18)2-7-14(13)24)21-22-17(23)26-9-15(25)20-12-5-3-11(19)4-6-12/h2-8,24H,9H2,1H3,(H,20,25). The first-order valence-corrected chi connectivity index (χ1v) is 10.4. The number of thioether (sulfide) groups is 1. The van der Waals surface area contributed by atoms with E-state index in [1.165, 1.54) is 11.8 Å². The average Bonchev–Trinajstić information content (AvgIpc) is 2.98. The van der Waals surface area contributed by atoms with Crippen molar-refractivity contribution in [2.75, 3.05) is 11.1 Å². The van der Waals surface area contributed by atoms with Crippen LogP contribution < -0.4 is 5.32 Å². The molecule has 2 aromatic carbocycles. The molecule has 0 unspecified atom stereocenters. The van der Waals surface area contributed by atoms with E-state index >= 15 is 0 Å². The van der Waals surface area contributed by atoms with Gasteiger partial charge < -0.3 is 15.0 Å². The van der Waals surface area contributed by atoms with E-state index in [0.29, 0.717) is 16.5 Å². The quantitative estimate of drug-likeness (QED) is 0.370. The normalized spacial score (nSPS) is 10.7. The first kappa shape index (κ1) is 19.2. The summed E-state index contributed by atoms with van der Waals surface area (Å²) in [7, 11) is 1.80. The zero-order chi connectivity index (χ0) is 18.7. The largest absolute Gasteiger partial charge is 0.507 e. The van der Waals surface area contributed by atoms with Crippen LogP contribution in [0, 0.1) is 3.57 Å². The lowest BCUT2D eigenvalue weighted by molar-refractivity contribution is -0.113. The Hall–Kier alpha value is -1.59. The van der Waals surface area contributed by atoms with E-state index in [1.54, 1.807) is 29.8 Å². The third kappa shape index (κ3) is 4.57. The van der Waals surface area contributed by atoms with Gasteiger partial charge in [0.2, 0.25) is 5.91 Å². The van der Waals surface area contributed by atoms with E-state index in [4.69, 9.17) is 0 Å². The predicted molar refractivity (Wildman–Crippen MR) is 114 cm³/mol. The van der Waals surface area contributed by atoms with Crippen molar-refractivity contribution in [3.05, 3.63) is 50.5 Å². The van der Waals surface area contributed by atoms with Crippen LogP contribution in [-0.4, -0.2) is 31.5 Å². The van der Waals surface area contributed by atoms with Gasteiger partial charge in [0.25, 0.3) is 0 Å². The molecule has 0 aliphatic heterocycles. The van der Waals surface area contributed by atoms with Crippen molar-refractivity contribution in [3.8, 4) is 17.1 Å². The number of hydrogen-bond donors (Lipinski definition) is 2. The SMILES string of the molecule is Cn1c(SCC(=O)Nc2ccc(I)cc2)nnc1-c1cc(Br)ccc1O. The van der Waals surface area contributed by atoms with Crippen LogP contribution in [0.4, 0.5) is 5.69 Å². The summed E-state index contributed by atoms with van der Waals surface area (Å²) in [4.78, 5) is 12.1. The van der Waals surface area contributed by atoms with E-state index in [0.717, 1.165) is 13.7 Å². The van der Waals surface area contributed by atoms with Crippen molar-refractivity contribution in [1.29, 1.82) is 0 Å². The van der Waals surface area contributed by atoms with Crippen LogP contribution in [0.2, 0.25) is 0 Å². The highest BCUT2D eigenvalue weighted by Gasteiger charge is 2.16. The molecule has 0 radical (unpaired) electrons. The molecular formula is C17H14BrIN4O2S. The van der Waals surface area contributed by atoms with Gasteiger partial charge in [-0.1, -0.05) is 27.7 Å². The van der Waals surface area contributed by atoms with Crippen molar-refractivity contribution in [2.24, 2.45) is 7.05 Å². The van der Waals surface area contributed by atoms with E-state index in [9.17, 15) is 9.90 Å². The van der Waals surface area contributed by atoms with Crippen LogP contribution >= 0.6 is 50.3 Å². The third-order valence-electron chi connectivity index (χ3n) is 3.49. The van der Waals surface area contributed by atoms with Crippen molar-refractivity contribution in [1.82, 2.24) is 14.8 Å². The number of nitrogens with one attached hydrogen (secondary N) is 1. The van der Waals surface area contributed by atoms with E-state index in [2.05, 4.69) is 54.0 Å². The van der Waals surface area contributed by atoms with Gasteiger partial charge in [-0.3, -0.25) is 4.79 Å². The molecule has 6 nitrogen and oxygen atoms in total. The Balaban J connectivity index is 1.67. The van der Waals surface area contributed by atoms with E-state index in [-0.39, 0.29) is 17.4 Å². The summed E-state index contributed by atoms with van der Waals surface area (Å²) in [6, 6.07) is 12.7. The number of anilines is 1. The topological polar surface area (TPSA) is 80.0 Å². The molecular weight excluding hydrogens is 531 g/mol. The number of hydrogen-bond acceptors (Lipinski definition) is 5. The Labute approximate surface area is 176 Å². The molecule has 1 amide bonds. The molecule has 26 heavy (non-hydrogen) atoms. The summed E-state index contributed by atoms with van der Waals surface area (Å²) in [6.45, 7) is 0. The first-order valence-electron chi connectivity index (χ1n) is 7.50. The Morgan fingerprint density at radius 2 is 2.00 bits per heavy atom. The number of aromatic nitrogens is 3. The summed E-state index contributed by atoms with van der Waals surface area (Å²) in [5.74, 6) is 0.745. The second-order valence-electron chi connectivity index (χ2n) is 5.37. The molecule has 0 aliphatic rings. The third-order valence-corrected chi connectivity index (χ3v) is 5.73. The van der Waals surface area contributed by atoms with Gasteiger partial charge in [-0.05, 0) is 65.1 Å². The summed E-state index contributed by atoms with van der Waals surface area (Å²) < 4.78 is 3.70. The van der Waals surface area contributed by atoms with Gasteiger partial charge in [0.1, 0.15) is 5.75 Å². The summed E-state index contributed by atoms with van der Waals surface area (Å²) >= 11 is 6.88. The number of rotatable bonds is 5. The number of halogens is 2. The lowest BCUT2D eigenvalue weighted by Crippen LogP contribution is -2.14. The molecule has 134 valence electrons. The zero-order valence-corrected chi connectivity index (χ0v) is 18.2. The van der Waals surface area contributed by atoms with Gasteiger partial charge in [0, 0.05) is 20.8 Å². The second-order valence-corrected chi connectivity index (χ2v) is 8.47. The fourth-order valence-corrected chi connectivity index (χ4v) is 3.65. The Morgan fingerprint density at radius 1 is 1.27 bits per heavy atom.